The molecule has 0 aromatic carbocycles. The summed E-state index contributed by atoms with van der Waals surface area (Å²) in [6.45, 7) is 1.40. The smallest absolute Gasteiger partial charge is 0.109 e. The van der Waals surface area contributed by atoms with E-state index in [-0.39, 0.29) is 6.10 Å². The van der Waals surface area contributed by atoms with Gasteiger partial charge in [0.15, 0.2) is 0 Å². The Bertz CT molecular complexity index is 309. The molecular weight excluding hydrogens is 180 g/mol. The van der Waals surface area contributed by atoms with Crippen molar-refractivity contribution in [1.29, 1.82) is 0 Å². The number of aryl methyl sites for hydroxylation is 1. The Morgan fingerprint density at radius 2 is 2.57 bits per heavy atom. The van der Waals surface area contributed by atoms with Crippen molar-refractivity contribution in [2.24, 2.45) is 0 Å². The van der Waals surface area contributed by atoms with Crippen LogP contribution in [-0.4, -0.2) is 34.5 Å². The van der Waals surface area contributed by atoms with Crippen LogP contribution in [0.1, 0.15) is 17.9 Å². The summed E-state index contributed by atoms with van der Waals surface area (Å²) in [6.07, 6.45) is 4.39. The predicted molar refractivity (Wildman–Crippen MR) is 52.1 cm³/mol. The number of hydrogen-bond acceptors (Lipinski definition) is 3. The number of nitrogens with zero attached hydrogens (tertiary/aromatic N) is 2. The zero-order chi connectivity index (χ0) is 9.97. The normalized spacial score (nSPS) is 20.9. The summed E-state index contributed by atoms with van der Waals surface area (Å²) < 4.78 is 7.05. The van der Waals surface area contributed by atoms with Crippen LogP contribution in [0.2, 0.25) is 0 Å². The van der Waals surface area contributed by atoms with Gasteiger partial charge in [-0.05, 0) is 6.42 Å². The zero-order valence-electron chi connectivity index (χ0n) is 8.44. The second-order valence-electron chi connectivity index (χ2n) is 3.74. The van der Waals surface area contributed by atoms with E-state index >= 15 is 0 Å². The minimum atomic E-state index is -0.202. The van der Waals surface area contributed by atoms with Crippen LogP contribution >= 0.6 is 0 Å². The summed E-state index contributed by atoms with van der Waals surface area (Å²) in [5.74, 6) is 1.10. The standard InChI is InChI=1S/C10H16N2O2/c1-14-5-4-8-6-12-7-9(13)2-3-10(12)11-8/h6,9,13H,2-5,7H2,1H3. The molecule has 0 saturated carbocycles. The van der Waals surface area contributed by atoms with Crippen LogP contribution in [0.4, 0.5) is 0 Å². The maximum Gasteiger partial charge on any atom is 0.109 e. The van der Waals surface area contributed by atoms with E-state index in [0.717, 1.165) is 30.8 Å². The molecule has 1 aliphatic rings. The van der Waals surface area contributed by atoms with Gasteiger partial charge in [0.1, 0.15) is 5.82 Å². The monoisotopic (exact) mass is 196 g/mol. The van der Waals surface area contributed by atoms with Crippen molar-refractivity contribution >= 4 is 0 Å². The van der Waals surface area contributed by atoms with Gasteiger partial charge in [-0.25, -0.2) is 4.98 Å². The van der Waals surface area contributed by atoms with Gasteiger partial charge in [-0.2, -0.15) is 0 Å². The average molecular weight is 196 g/mol. The molecule has 0 saturated heterocycles. The van der Waals surface area contributed by atoms with Crippen LogP contribution in [0, 0.1) is 0 Å². The van der Waals surface area contributed by atoms with E-state index in [4.69, 9.17) is 4.74 Å². The van der Waals surface area contributed by atoms with Crippen molar-refractivity contribution in [1.82, 2.24) is 9.55 Å². The third-order valence-electron chi connectivity index (χ3n) is 2.58. The Morgan fingerprint density at radius 1 is 1.71 bits per heavy atom. The molecule has 1 aromatic heterocycles. The number of imidazole rings is 1. The lowest BCUT2D eigenvalue weighted by molar-refractivity contribution is 0.130. The van der Waals surface area contributed by atoms with Crippen molar-refractivity contribution in [3.8, 4) is 0 Å². The number of hydrogen-bond donors (Lipinski definition) is 1. The van der Waals surface area contributed by atoms with Gasteiger partial charge in [-0.15, -0.1) is 0 Å². The van der Waals surface area contributed by atoms with E-state index in [1.807, 2.05) is 6.20 Å². The quantitative estimate of drug-likeness (QED) is 0.760. The number of aromatic nitrogens is 2. The first-order valence-electron chi connectivity index (χ1n) is 5.01. The van der Waals surface area contributed by atoms with Gasteiger partial charge in [-0.1, -0.05) is 0 Å². The van der Waals surface area contributed by atoms with Crippen LogP contribution in [0.15, 0.2) is 6.20 Å². The first-order chi connectivity index (χ1) is 6.79. The average Bonchev–Trinajstić information content (AvgIpc) is 2.56. The largest absolute Gasteiger partial charge is 0.391 e. The highest BCUT2D eigenvalue weighted by Crippen LogP contribution is 2.15. The molecular formula is C10H16N2O2. The molecule has 1 unspecified atom stereocenters. The maximum absolute atomic E-state index is 9.47. The highest BCUT2D eigenvalue weighted by atomic mass is 16.5. The summed E-state index contributed by atoms with van der Waals surface area (Å²) in [5, 5.41) is 9.47. The number of ether oxygens (including phenoxy) is 1. The van der Waals surface area contributed by atoms with Crippen LogP contribution < -0.4 is 0 Å². The van der Waals surface area contributed by atoms with Gasteiger partial charge in [0.05, 0.1) is 18.4 Å². The van der Waals surface area contributed by atoms with E-state index < -0.39 is 0 Å². The molecule has 1 aliphatic heterocycles. The summed E-state index contributed by atoms with van der Waals surface area (Å²) in [7, 11) is 1.69. The van der Waals surface area contributed by atoms with E-state index in [9.17, 15) is 5.11 Å². The number of aliphatic hydroxyl groups is 1. The van der Waals surface area contributed by atoms with Crippen molar-refractivity contribution < 1.29 is 9.84 Å². The van der Waals surface area contributed by atoms with E-state index in [1.165, 1.54) is 0 Å². The molecule has 0 aliphatic carbocycles. The molecule has 2 heterocycles. The first kappa shape index (κ1) is 9.68. The molecule has 1 atom stereocenters. The number of rotatable bonds is 3. The zero-order valence-corrected chi connectivity index (χ0v) is 8.44. The van der Waals surface area contributed by atoms with E-state index in [0.29, 0.717) is 13.2 Å². The number of fused-ring (bicyclic) bond motifs is 1. The Balaban J connectivity index is 2.07. The Morgan fingerprint density at radius 3 is 3.36 bits per heavy atom. The van der Waals surface area contributed by atoms with Crippen molar-refractivity contribution in [3.05, 3.63) is 17.7 Å². The van der Waals surface area contributed by atoms with Crippen LogP contribution in [0.25, 0.3) is 0 Å². The molecule has 1 aromatic rings. The highest BCUT2D eigenvalue weighted by molar-refractivity contribution is 5.07. The van der Waals surface area contributed by atoms with E-state index in [1.54, 1.807) is 7.11 Å². The van der Waals surface area contributed by atoms with Gasteiger partial charge in [0, 0.05) is 32.7 Å². The molecule has 78 valence electrons. The fourth-order valence-corrected chi connectivity index (χ4v) is 1.81. The van der Waals surface area contributed by atoms with Crippen LogP contribution in [0.3, 0.4) is 0 Å². The highest BCUT2D eigenvalue weighted by Gasteiger charge is 2.17. The van der Waals surface area contributed by atoms with Crippen molar-refractivity contribution in [3.63, 3.8) is 0 Å². The summed E-state index contributed by atoms with van der Waals surface area (Å²) in [5.41, 5.74) is 1.07. The molecule has 4 heteroatoms. The lowest BCUT2D eigenvalue weighted by atomic mass is 10.1. The third-order valence-corrected chi connectivity index (χ3v) is 2.58. The summed E-state index contributed by atoms with van der Waals surface area (Å²) >= 11 is 0. The first-order valence-corrected chi connectivity index (χ1v) is 5.01. The van der Waals surface area contributed by atoms with Gasteiger partial charge < -0.3 is 14.4 Å². The molecule has 2 rings (SSSR count). The second-order valence-corrected chi connectivity index (χ2v) is 3.74. The van der Waals surface area contributed by atoms with Gasteiger partial charge in [-0.3, -0.25) is 0 Å². The molecule has 4 nitrogen and oxygen atoms in total. The molecule has 0 spiro atoms. The Kier molecular flexibility index (Phi) is 2.84. The maximum atomic E-state index is 9.47. The molecule has 14 heavy (non-hydrogen) atoms. The molecule has 0 fully saturated rings. The fraction of sp³-hybridized carbons (Fsp3) is 0.700. The topological polar surface area (TPSA) is 47.3 Å². The van der Waals surface area contributed by atoms with Crippen molar-refractivity contribution in [2.75, 3.05) is 13.7 Å². The van der Waals surface area contributed by atoms with Crippen LogP contribution in [-0.2, 0) is 24.1 Å². The van der Waals surface area contributed by atoms with Crippen molar-refractivity contribution in [2.45, 2.75) is 31.9 Å². The van der Waals surface area contributed by atoms with Crippen LogP contribution in [0.5, 0.6) is 0 Å². The number of methoxy groups -OCH3 is 1. The molecule has 0 radical (unpaired) electrons. The summed E-state index contributed by atoms with van der Waals surface area (Å²) in [6, 6.07) is 0. The fourth-order valence-electron chi connectivity index (χ4n) is 1.81. The molecule has 1 N–H and O–H groups in total. The minimum Gasteiger partial charge on any atom is -0.391 e. The third kappa shape index (κ3) is 1.96. The SMILES string of the molecule is COCCc1cn2c(n1)CCC(O)C2. The molecule has 0 bridgehead atoms. The lowest BCUT2D eigenvalue weighted by Gasteiger charge is -2.18. The predicted octanol–water partition coefficient (Wildman–Crippen LogP) is 0.379. The van der Waals surface area contributed by atoms with E-state index in [2.05, 4.69) is 9.55 Å². The van der Waals surface area contributed by atoms with Gasteiger partial charge in [0.25, 0.3) is 0 Å². The lowest BCUT2D eigenvalue weighted by Crippen LogP contribution is -2.23. The number of aliphatic hydroxyl groups excluding tert-OH is 1. The van der Waals surface area contributed by atoms with Gasteiger partial charge in [0.2, 0.25) is 0 Å². The molecule has 0 amide bonds. The van der Waals surface area contributed by atoms with Gasteiger partial charge >= 0.3 is 0 Å². The minimum absolute atomic E-state index is 0.202. The second kappa shape index (κ2) is 4.11. The summed E-state index contributed by atoms with van der Waals surface area (Å²) in [4.78, 5) is 4.49. The Labute approximate surface area is 83.5 Å². The Hall–Kier alpha value is -0.870.